The number of hydrogen-bond donors (Lipinski definition) is 1. The highest BCUT2D eigenvalue weighted by atomic mass is 19.4. The minimum absolute atomic E-state index is 0.00730. The Kier molecular flexibility index (Phi) is 5.42. The van der Waals surface area contributed by atoms with Gasteiger partial charge in [-0.05, 0) is 18.6 Å². The Morgan fingerprint density at radius 1 is 1.32 bits per heavy atom. The van der Waals surface area contributed by atoms with E-state index in [1.807, 2.05) is 0 Å². The fourth-order valence-electron chi connectivity index (χ4n) is 2.41. The highest BCUT2D eigenvalue weighted by molar-refractivity contribution is 5.78. The van der Waals surface area contributed by atoms with Gasteiger partial charge in [0.05, 0.1) is 25.3 Å². The first kappa shape index (κ1) is 16.8. The third-order valence-electron chi connectivity index (χ3n) is 3.66. The number of carbonyl (C=O) groups excluding carboxylic acids is 1. The molecule has 0 unspecified atom stereocenters. The lowest BCUT2D eigenvalue weighted by molar-refractivity contribution is -0.138. The summed E-state index contributed by atoms with van der Waals surface area (Å²) in [7, 11) is 0. The molecule has 1 atom stereocenters. The number of rotatable bonds is 4. The Morgan fingerprint density at radius 2 is 1.95 bits per heavy atom. The number of morpholine rings is 1. The molecule has 1 aromatic rings. The van der Waals surface area contributed by atoms with Gasteiger partial charge in [-0.1, -0.05) is 18.2 Å². The van der Waals surface area contributed by atoms with E-state index in [4.69, 9.17) is 4.74 Å². The minimum Gasteiger partial charge on any atom is -0.378 e. The van der Waals surface area contributed by atoms with Gasteiger partial charge in [-0.3, -0.25) is 4.79 Å². The van der Waals surface area contributed by atoms with Crippen molar-refractivity contribution in [3.8, 4) is 0 Å². The Labute approximate surface area is 127 Å². The lowest BCUT2D eigenvalue weighted by Gasteiger charge is -2.28. The maximum absolute atomic E-state index is 13.0. The molecule has 1 fully saturated rings. The molecule has 1 N–H and O–H groups in total. The minimum atomic E-state index is -4.40. The van der Waals surface area contributed by atoms with Crippen molar-refractivity contribution in [1.82, 2.24) is 10.2 Å². The SMILES string of the molecule is C[C@@H](NCC(=O)N1CCOCC1)c1ccccc1C(F)(F)F. The van der Waals surface area contributed by atoms with Crippen LogP contribution in [0.25, 0.3) is 0 Å². The number of alkyl halides is 3. The smallest absolute Gasteiger partial charge is 0.378 e. The van der Waals surface area contributed by atoms with Gasteiger partial charge in [0.25, 0.3) is 0 Å². The Balaban J connectivity index is 1.98. The number of nitrogens with zero attached hydrogens (tertiary/aromatic N) is 1. The molecular formula is C15H19F3N2O2. The second-order valence-corrected chi connectivity index (χ2v) is 5.18. The van der Waals surface area contributed by atoms with Crippen LogP contribution in [0.1, 0.15) is 24.1 Å². The maximum Gasteiger partial charge on any atom is 0.416 e. The van der Waals surface area contributed by atoms with E-state index in [0.29, 0.717) is 26.3 Å². The number of benzene rings is 1. The largest absolute Gasteiger partial charge is 0.416 e. The molecule has 0 spiro atoms. The van der Waals surface area contributed by atoms with Crippen LogP contribution < -0.4 is 5.32 Å². The molecule has 0 radical (unpaired) electrons. The van der Waals surface area contributed by atoms with Crippen LogP contribution in [0, 0.1) is 0 Å². The molecule has 2 rings (SSSR count). The van der Waals surface area contributed by atoms with Crippen LogP contribution in [0.4, 0.5) is 13.2 Å². The van der Waals surface area contributed by atoms with Gasteiger partial charge in [0.15, 0.2) is 0 Å². The topological polar surface area (TPSA) is 41.6 Å². The molecule has 0 aromatic heterocycles. The normalized spacial score (nSPS) is 17.4. The number of hydrogen-bond acceptors (Lipinski definition) is 3. The van der Waals surface area contributed by atoms with Crippen molar-refractivity contribution in [2.45, 2.75) is 19.1 Å². The van der Waals surface area contributed by atoms with Crippen molar-refractivity contribution >= 4 is 5.91 Å². The van der Waals surface area contributed by atoms with Crippen LogP contribution in [0.15, 0.2) is 24.3 Å². The first-order chi connectivity index (χ1) is 10.4. The summed E-state index contributed by atoms with van der Waals surface area (Å²) >= 11 is 0. The van der Waals surface area contributed by atoms with E-state index in [1.165, 1.54) is 12.1 Å². The van der Waals surface area contributed by atoms with Gasteiger partial charge in [0.1, 0.15) is 0 Å². The molecule has 1 amide bonds. The Bertz CT molecular complexity index is 514. The third-order valence-corrected chi connectivity index (χ3v) is 3.66. The van der Waals surface area contributed by atoms with E-state index in [-0.39, 0.29) is 18.0 Å². The number of halogens is 3. The van der Waals surface area contributed by atoms with Crippen molar-refractivity contribution in [1.29, 1.82) is 0 Å². The maximum atomic E-state index is 13.0. The number of amides is 1. The third kappa shape index (κ3) is 4.20. The van der Waals surface area contributed by atoms with Crippen LogP contribution in [-0.4, -0.2) is 43.7 Å². The van der Waals surface area contributed by atoms with Crippen LogP contribution in [0.3, 0.4) is 0 Å². The highest BCUT2D eigenvalue weighted by Gasteiger charge is 2.34. The summed E-state index contributed by atoms with van der Waals surface area (Å²) in [5.74, 6) is -0.125. The first-order valence-electron chi connectivity index (χ1n) is 7.14. The molecule has 1 aliphatic heterocycles. The zero-order valence-electron chi connectivity index (χ0n) is 12.3. The zero-order valence-corrected chi connectivity index (χ0v) is 12.3. The summed E-state index contributed by atoms with van der Waals surface area (Å²) in [6.45, 7) is 3.67. The average molecular weight is 316 g/mol. The van der Waals surface area contributed by atoms with Crippen molar-refractivity contribution in [3.63, 3.8) is 0 Å². The predicted octanol–water partition coefficient (Wildman–Crippen LogP) is 2.21. The summed E-state index contributed by atoms with van der Waals surface area (Å²) in [6.07, 6.45) is -4.40. The van der Waals surface area contributed by atoms with E-state index < -0.39 is 17.8 Å². The molecule has 0 aliphatic carbocycles. The quantitative estimate of drug-likeness (QED) is 0.926. The molecule has 1 heterocycles. The molecule has 7 heteroatoms. The van der Waals surface area contributed by atoms with E-state index in [2.05, 4.69) is 5.32 Å². The second kappa shape index (κ2) is 7.11. The van der Waals surface area contributed by atoms with E-state index in [9.17, 15) is 18.0 Å². The summed E-state index contributed by atoms with van der Waals surface area (Å²) < 4.78 is 44.1. The van der Waals surface area contributed by atoms with Crippen molar-refractivity contribution < 1.29 is 22.7 Å². The molecule has 4 nitrogen and oxygen atoms in total. The number of ether oxygens (including phenoxy) is 1. The van der Waals surface area contributed by atoms with Gasteiger partial charge >= 0.3 is 6.18 Å². The fourth-order valence-corrected chi connectivity index (χ4v) is 2.41. The monoisotopic (exact) mass is 316 g/mol. The first-order valence-corrected chi connectivity index (χ1v) is 7.14. The van der Waals surface area contributed by atoms with Gasteiger partial charge < -0.3 is 15.0 Å². The van der Waals surface area contributed by atoms with Crippen LogP contribution in [0.5, 0.6) is 0 Å². The van der Waals surface area contributed by atoms with Gasteiger partial charge in [0.2, 0.25) is 5.91 Å². The molecule has 22 heavy (non-hydrogen) atoms. The second-order valence-electron chi connectivity index (χ2n) is 5.18. The standard InChI is InChI=1S/C15H19F3N2O2/c1-11(12-4-2-3-5-13(12)15(16,17)18)19-10-14(21)20-6-8-22-9-7-20/h2-5,11,19H,6-10H2,1H3/t11-/m1/s1. The summed E-state index contributed by atoms with van der Waals surface area (Å²) in [6, 6.07) is 4.84. The lowest BCUT2D eigenvalue weighted by Crippen LogP contribution is -2.45. The average Bonchev–Trinajstić information content (AvgIpc) is 2.52. The molecule has 1 aromatic carbocycles. The van der Waals surface area contributed by atoms with Crippen molar-refractivity contribution in [2.24, 2.45) is 0 Å². The molecule has 1 saturated heterocycles. The van der Waals surface area contributed by atoms with Crippen LogP contribution in [-0.2, 0) is 15.7 Å². The van der Waals surface area contributed by atoms with Gasteiger partial charge in [0, 0.05) is 19.1 Å². The molecule has 0 saturated carbocycles. The van der Waals surface area contributed by atoms with E-state index in [0.717, 1.165) is 6.07 Å². The van der Waals surface area contributed by atoms with Gasteiger partial charge in [-0.15, -0.1) is 0 Å². The Morgan fingerprint density at radius 3 is 2.59 bits per heavy atom. The molecule has 122 valence electrons. The van der Waals surface area contributed by atoms with Gasteiger partial charge in [-0.2, -0.15) is 13.2 Å². The van der Waals surface area contributed by atoms with Crippen molar-refractivity contribution in [2.75, 3.05) is 32.8 Å². The zero-order chi connectivity index (χ0) is 16.2. The molecule has 1 aliphatic rings. The van der Waals surface area contributed by atoms with E-state index in [1.54, 1.807) is 17.9 Å². The summed E-state index contributed by atoms with van der Waals surface area (Å²) in [5.41, 5.74) is -0.529. The fraction of sp³-hybridized carbons (Fsp3) is 0.533. The molecular weight excluding hydrogens is 297 g/mol. The van der Waals surface area contributed by atoms with Crippen LogP contribution in [0.2, 0.25) is 0 Å². The summed E-state index contributed by atoms with van der Waals surface area (Å²) in [4.78, 5) is 13.7. The summed E-state index contributed by atoms with van der Waals surface area (Å²) in [5, 5.41) is 2.88. The predicted molar refractivity (Wildman–Crippen MR) is 75.3 cm³/mol. The number of nitrogens with one attached hydrogen (secondary N) is 1. The van der Waals surface area contributed by atoms with Crippen LogP contribution >= 0.6 is 0 Å². The lowest BCUT2D eigenvalue weighted by atomic mass is 10.0. The highest BCUT2D eigenvalue weighted by Crippen LogP contribution is 2.34. The number of carbonyl (C=O) groups is 1. The van der Waals surface area contributed by atoms with Gasteiger partial charge in [-0.25, -0.2) is 0 Å². The Hall–Kier alpha value is -1.60. The van der Waals surface area contributed by atoms with Crippen molar-refractivity contribution in [3.05, 3.63) is 35.4 Å². The molecule has 0 bridgehead atoms. The van der Waals surface area contributed by atoms with E-state index >= 15 is 0 Å².